The van der Waals surface area contributed by atoms with Crippen LogP contribution < -0.4 is 16.6 Å². The molecule has 0 fully saturated rings. The normalized spacial score (nSPS) is 10.9. The van der Waals surface area contributed by atoms with Crippen LogP contribution in [-0.4, -0.2) is 25.0 Å². The van der Waals surface area contributed by atoms with Gasteiger partial charge in [-0.3, -0.25) is 23.7 Å². The smallest absolute Gasteiger partial charge is 0.324 e. The van der Waals surface area contributed by atoms with Crippen molar-refractivity contribution >= 4 is 22.6 Å². The SMILES string of the molecule is Cc1cccc(C)c1NC(=O)Cn1c(=O)n(Cc2ccncc2)c(=O)c2ncccc21. The van der Waals surface area contributed by atoms with Crippen molar-refractivity contribution < 1.29 is 4.79 Å². The van der Waals surface area contributed by atoms with Crippen LogP contribution >= 0.6 is 0 Å². The van der Waals surface area contributed by atoms with E-state index in [9.17, 15) is 14.4 Å². The topological polar surface area (TPSA) is 98.9 Å². The molecule has 0 saturated heterocycles. The number of benzene rings is 1. The number of anilines is 1. The Labute approximate surface area is 177 Å². The summed E-state index contributed by atoms with van der Waals surface area (Å²) in [4.78, 5) is 47.1. The first kappa shape index (κ1) is 20.2. The maximum Gasteiger partial charge on any atom is 0.332 e. The standard InChI is InChI=1S/C23H21N5O3/c1-15-5-3-6-16(2)20(15)26-19(29)14-27-18-7-4-10-25-21(18)22(30)28(23(27)31)13-17-8-11-24-12-9-17/h3-12H,13-14H2,1-2H3,(H,26,29). The summed E-state index contributed by atoms with van der Waals surface area (Å²) in [5, 5.41) is 2.89. The summed E-state index contributed by atoms with van der Waals surface area (Å²) in [6, 6.07) is 12.4. The molecule has 4 aromatic rings. The fourth-order valence-corrected chi connectivity index (χ4v) is 3.54. The molecule has 3 aromatic heterocycles. The second-order valence-corrected chi connectivity index (χ2v) is 7.30. The molecule has 1 aromatic carbocycles. The lowest BCUT2D eigenvalue weighted by molar-refractivity contribution is -0.116. The number of nitrogens with zero attached hydrogens (tertiary/aromatic N) is 4. The number of hydrogen-bond acceptors (Lipinski definition) is 5. The molecule has 1 amide bonds. The van der Waals surface area contributed by atoms with Crippen LogP contribution in [0.1, 0.15) is 16.7 Å². The summed E-state index contributed by atoms with van der Waals surface area (Å²) < 4.78 is 2.38. The Morgan fingerprint density at radius 3 is 2.35 bits per heavy atom. The van der Waals surface area contributed by atoms with Crippen LogP contribution in [-0.2, 0) is 17.9 Å². The highest BCUT2D eigenvalue weighted by Gasteiger charge is 2.17. The first-order chi connectivity index (χ1) is 15.0. The van der Waals surface area contributed by atoms with Gasteiger partial charge in [0.25, 0.3) is 5.56 Å². The maximum absolute atomic E-state index is 13.2. The van der Waals surface area contributed by atoms with Crippen molar-refractivity contribution in [3.05, 3.63) is 98.6 Å². The second-order valence-electron chi connectivity index (χ2n) is 7.30. The van der Waals surface area contributed by atoms with Gasteiger partial charge >= 0.3 is 5.69 Å². The molecule has 0 aliphatic heterocycles. The molecule has 156 valence electrons. The van der Waals surface area contributed by atoms with E-state index in [1.807, 2.05) is 32.0 Å². The number of carbonyl (C=O) groups excluding carboxylic acids is 1. The number of rotatable bonds is 5. The lowest BCUT2D eigenvalue weighted by Gasteiger charge is -2.15. The molecule has 0 aliphatic carbocycles. The lowest BCUT2D eigenvalue weighted by Crippen LogP contribution is -2.42. The molecule has 0 unspecified atom stereocenters. The van der Waals surface area contributed by atoms with Crippen LogP contribution in [0.3, 0.4) is 0 Å². The molecule has 8 nitrogen and oxygen atoms in total. The van der Waals surface area contributed by atoms with Crippen molar-refractivity contribution in [3.63, 3.8) is 0 Å². The third-order valence-corrected chi connectivity index (χ3v) is 5.12. The zero-order chi connectivity index (χ0) is 22.0. The Hall–Kier alpha value is -4.07. The summed E-state index contributed by atoms with van der Waals surface area (Å²) in [6.45, 7) is 3.63. The highest BCUT2D eigenvalue weighted by atomic mass is 16.2. The fraction of sp³-hybridized carbons (Fsp3) is 0.174. The lowest BCUT2D eigenvalue weighted by atomic mass is 10.1. The highest BCUT2D eigenvalue weighted by molar-refractivity contribution is 5.93. The maximum atomic E-state index is 13.2. The van der Waals surface area contributed by atoms with Gasteiger partial charge in [0, 0.05) is 24.3 Å². The van der Waals surface area contributed by atoms with Crippen LogP contribution in [0.5, 0.6) is 0 Å². The summed E-state index contributed by atoms with van der Waals surface area (Å²) in [6.07, 6.45) is 4.68. The summed E-state index contributed by atoms with van der Waals surface area (Å²) >= 11 is 0. The van der Waals surface area contributed by atoms with Gasteiger partial charge in [-0.15, -0.1) is 0 Å². The average Bonchev–Trinajstić information content (AvgIpc) is 2.77. The van der Waals surface area contributed by atoms with E-state index in [0.29, 0.717) is 11.2 Å². The third kappa shape index (κ3) is 4.00. The summed E-state index contributed by atoms with van der Waals surface area (Å²) in [5.74, 6) is -0.362. The molecule has 0 spiro atoms. The summed E-state index contributed by atoms with van der Waals surface area (Å²) in [5.41, 5.74) is 2.70. The molecule has 0 aliphatic rings. The number of fused-ring (bicyclic) bond motifs is 1. The number of aromatic nitrogens is 4. The van der Waals surface area contributed by atoms with E-state index >= 15 is 0 Å². The van der Waals surface area contributed by atoms with Crippen molar-refractivity contribution in [1.82, 2.24) is 19.1 Å². The van der Waals surface area contributed by atoms with Gasteiger partial charge < -0.3 is 5.32 Å². The molecule has 0 atom stereocenters. The van der Waals surface area contributed by atoms with E-state index in [0.717, 1.165) is 21.3 Å². The van der Waals surface area contributed by atoms with Crippen LogP contribution in [0, 0.1) is 13.8 Å². The van der Waals surface area contributed by atoms with Crippen molar-refractivity contribution in [2.75, 3.05) is 5.32 Å². The van der Waals surface area contributed by atoms with Gasteiger partial charge in [-0.25, -0.2) is 9.78 Å². The Morgan fingerprint density at radius 1 is 0.935 bits per heavy atom. The number of amides is 1. The molecule has 0 radical (unpaired) electrons. The van der Waals surface area contributed by atoms with E-state index in [2.05, 4.69) is 15.3 Å². The van der Waals surface area contributed by atoms with Gasteiger partial charge in [-0.05, 0) is 54.8 Å². The number of hydrogen-bond donors (Lipinski definition) is 1. The predicted octanol–water partition coefficient (Wildman–Crippen LogP) is 2.26. The zero-order valence-corrected chi connectivity index (χ0v) is 17.2. The van der Waals surface area contributed by atoms with E-state index in [1.54, 1.807) is 36.7 Å². The minimum atomic E-state index is -0.570. The Kier molecular flexibility index (Phi) is 5.44. The average molecular weight is 415 g/mol. The number of pyridine rings is 2. The second kappa shape index (κ2) is 8.35. The minimum absolute atomic E-state index is 0.0607. The Balaban J connectivity index is 1.77. The largest absolute Gasteiger partial charge is 0.332 e. The number of para-hydroxylation sites is 1. The monoisotopic (exact) mass is 415 g/mol. The van der Waals surface area contributed by atoms with E-state index < -0.39 is 11.2 Å². The number of aryl methyl sites for hydroxylation is 2. The molecular formula is C23H21N5O3. The first-order valence-electron chi connectivity index (χ1n) is 9.79. The van der Waals surface area contributed by atoms with Crippen molar-refractivity contribution in [3.8, 4) is 0 Å². The van der Waals surface area contributed by atoms with E-state index in [4.69, 9.17) is 0 Å². The molecule has 31 heavy (non-hydrogen) atoms. The highest BCUT2D eigenvalue weighted by Crippen LogP contribution is 2.19. The minimum Gasteiger partial charge on any atom is -0.324 e. The molecule has 4 rings (SSSR count). The molecular weight excluding hydrogens is 394 g/mol. The molecule has 3 heterocycles. The third-order valence-electron chi connectivity index (χ3n) is 5.12. The van der Waals surface area contributed by atoms with Gasteiger partial charge in [0.1, 0.15) is 6.54 Å². The van der Waals surface area contributed by atoms with Gasteiger partial charge in [-0.2, -0.15) is 0 Å². The number of nitrogens with one attached hydrogen (secondary N) is 1. The van der Waals surface area contributed by atoms with Gasteiger partial charge in [0.05, 0.1) is 12.1 Å². The molecule has 0 saturated carbocycles. The van der Waals surface area contributed by atoms with Gasteiger partial charge in [0.15, 0.2) is 5.52 Å². The first-order valence-corrected chi connectivity index (χ1v) is 9.79. The predicted molar refractivity (Wildman–Crippen MR) is 118 cm³/mol. The molecule has 1 N–H and O–H groups in total. The van der Waals surface area contributed by atoms with Crippen LogP contribution in [0.15, 0.2) is 70.6 Å². The molecule has 0 bridgehead atoms. The van der Waals surface area contributed by atoms with E-state index in [-0.39, 0.29) is 24.5 Å². The van der Waals surface area contributed by atoms with Crippen LogP contribution in [0.4, 0.5) is 5.69 Å². The zero-order valence-electron chi connectivity index (χ0n) is 17.2. The van der Waals surface area contributed by atoms with Gasteiger partial charge in [-0.1, -0.05) is 18.2 Å². The van der Waals surface area contributed by atoms with Crippen molar-refractivity contribution in [2.24, 2.45) is 0 Å². The molecule has 8 heteroatoms. The number of carbonyl (C=O) groups is 1. The van der Waals surface area contributed by atoms with Crippen LogP contribution in [0.2, 0.25) is 0 Å². The van der Waals surface area contributed by atoms with E-state index in [1.165, 1.54) is 10.8 Å². The van der Waals surface area contributed by atoms with Crippen LogP contribution in [0.25, 0.3) is 11.0 Å². The van der Waals surface area contributed by atoms with Crippen molar-refractivity contribution in [1.29, 1.82) is 0 Å². The Bertz CT molecular complexity index is 1370. The van der Waals surface area contributed by atoms with Gasteiger partial charge in [0.2, 0.25) is 5.91 Å². The quantitative estimate of drug-likeness (QED) is 0.539. The summed E-state index contributed by atoms with van der Waals surface area (Å²) in [7, 11) is 0. The fourth-order valence-electron chi connectivity index (χ4n) is 3.54. The Morgan fingerprint density at radius 2 is 1.65 bits per heavy atom. The van der Waals surface area contributed by atoms with Crippen molar-refractivity contribution in [2.45, 2.75) is 26.9 Å².